The van der Waals surface area contributed by atoms with Crippen LogP contribution in [0.1, 0.15) is 13.8 Å². The molecule has 0 unspecified atom stereocenters. The van der Waals surface area contributed by atoms with Gasteiger partial charge in [-0.15, -0.1) is 4.91 Å². The Morgan fingerprint density at radius 3 is 2.82 bits per heavy atom. The molecule has 7 heteroatoms. The molecule has 17 heavy (non-hydrogen) atoms. The highest BCUT2D eigenvalue weighted by Gasteiger charge is 2.33. The molecular formula is C10H11N3O4. The summed E-state index contributed by atoms with van der Waals surface area (Å²) >= 11 is 0. The van der Waals surface area contributed by atoms with Crippen molar-refractivity contribution in [3.8, 4) is 5.75 Å². The van der Waals surface area contributed by atoms with Gasteiger partial charge in [0.05, 0.1) is 16.8 Å². The smallest absolute Gasteiger partial charge is 0.271 e. The average molecular weight is 237 g/mol. The van der Waals surface area contributed by atoms with E-state index in [0.29, 0.717) is 11.4 Å². The standard InChI is InChI=1S/C10H11N3O4/c1-10(2)6-12(11-14)8-5-7(13(15)16)3-4-9(8)17-10/h3-5H,6H2,1-2H3. The molecule has 0 saturated carbocycles. The second kappa shape index (κ2) is 3.69. The summed E-state index contributed by atoms with van der Waals surface area (Å²) in [5.41, 5.74) is -0.328. The number of nitro groups is 1. The van der Waals surface area contributed by atoms with E-state index in [2.05, 4.69) is 5.29 Å². The van der Waals surface area contributed by atoms with E-state index in [1.165, 1.54) is 23.2 Å². The van der Waals surface area contributed by atoms with Crippen molar-refractivity contribution in [2.24, 2.45) is 5.29 Å². The lowest BCUT2D eigenvalue weighted by Crippen LogP contribution is -2.44. The first-order valence-electron chi connectivity index (χ1n) is 5.01. The number of hydrogen-bond acceptors (Lipinski definition) is 5. The molecule has 1 aromatic carbocycles. The summed E-state index contributed by atoms with van der Waals surface area (Å²) in [7, 11) is 0. The van der Waals surface area contributed by atoms with Crippen molar-refractivity contribution in [2.75, 3.05) is 11.6 Å². The van der Waals surface area contributed by atoms with Gasteiger partial charge < -0.3 is 4.74 Å². The van der Waals surface area contributed by atoms with Gasteiger partial charge in [-0.05, 0) is 19.9 Å². The normalized spacial score (nSPS) is 16.9. The number of rotatable bonds is 2. The summed E-state index contributed by atoms with van der Waals surface area (Å²) in [4.78, 5) is 20.9. The van der Waals surface area contributed by atoms with Gasteiger partial charge in [-0.2, -0.15) is 0 Å². The predicted molar refractivity (Wildman–Crippen MR) is 60.9 cm³/mol. The second-order valence-electron chi connectivity index (χ2n) is 4.41. The largest absolute Gasteiger partial charge is 0.484 e. The van der Waals surface area contributed by atoms with Crippen molar-refractivity contribution in [1.82, 2.24) is 0 Å². The molecule has 7 nitrogen and oxygen atoms in total. The molecule has 1 heterocycles. The van der Waals surface area contributed by atoms with E-state index < -0.39 is 10.5 Å². The molecule has 1 aliphatic rings. The van der Waals surface area contributed by atoms with Crippen molar-refractivity contribution >= 4 is 11.4 Å². The summed E-state index contributed by atoms with van der Waals surface area (Å²) in [5, 5.41) is 14.7. The number of hydrogen-bond donors (Lipinski definition) is 0. The molecule has 1 aromatic rings. The highest BCUT2D eigenvalue weighted by molar-refractivity contribution is 5.64. The molecule has 0 N–H and O–H groups in total. The lowest BCUT2D eigenvalue weighted by molar-refractivity contribution is -0.384. The van der Waals surface area contributed by atoms with E-state index in [0.717, 1.165) is 0 Å². The van der Waals surface area contributed by atoms with Crippen LogP contribution in [0.25, 0.3) is 0 Å². The van der Waals surface area contributed by atoms with Crippen LogP contribution in [0.2, 0.25) is 0 Å². The summed E-state index contributed by atoms with van der Waals surface area (Å²) in [6.45, 7) is 3.88. The molecule has 0 spiro atoms. The third-order valence-corrected chi connectivity index (χ3v) is 2.45. The lowest BCUT2D eigenvalue weighted by Gasteiger charge is -2.36. The number of nitro benzene ring substituents is 1. The van der Waals surface area contributed by atoms with E-state index in [9.17, 15) is 15.0 Å². The average Bonchev–Trinajstić information content (AvgIpc) is 2.26. The molecular weight excluding hydrogens is 226 g/mol. The number of anilines is 1. The Bertz CT molecular complexity index is 486. The van der Waals surface area contributed by atoms with Crippen LogP contribution in [-0.2, 0) is 0 Å². The van der Waals surface area contributed by atoms with E-state index in [-0.39, 0.29) is 12.2 Å². The Labute approximate surface area is 97.1 Å². The SMILES string of the molecule is CC1(C)CN(N=O)c2cc([N+](=O)[O-])ccc2O1. The molecule has 1 aliphatic heterocycles. The summed E-state index contributed by atoms with van der Waals surface area (Å²) in [6.07, 6.45) is 0. The first-order chi connectivity index (χ1) is 7.93. The Kier molecular flexibility index (Phi) is 2.45. The van der Waals surface area contributed by atoms with Crippen LogP contribution in [0.5, 0.6) is 5.75 Å². The van der Waals surface area contributed by atoms with E-state index in [4.69, 9.17) is 4.74 Å². The number of nitrogens with zero attached hydrogens (tertiary/aromatic N) is 3. The Morgan fingerprint density at radius 2 is 2.24 bits per heavy atom. The van der Waals surface area contributed by atoms with Gasteiger partial charge in [-0.3, -0.25) is 10.1 Å². The fourth-order valence-electron chi connectivity index (χ4n) is 1.76. The highest BCUT2D eigenvalue weighted by atomic mass is 16.6. The van der Waals surface area contributed by atoms with Gasteiger partial charge >= 0.3 is 0 Å². The minimum absolute atomic E-state index is 0.0966. The van der Waals surface area contributed by atoms with Crippen LogP contribution in [0, 0.1) is 15.0 Å². The van der Waals surface area contributed by atoms with Crippen LogP contribution < -0.4 is 9.75 Å². The Balaban J connectivity index is 2.50. The first kappa shape index (κ1) is 11.3. The molecule has 0 radical (unpaired) electrons. The Morgan fingerprint density at radius 1 is 1.53 bits per heavy atom. The summed E-state index contributed by atoms with van der Waals surface area (Å²) in [6, 6.07) is 4.10. The molecule has 0 saturated heterocycles. The van der Waals surface area contributed by atoms with Crippen LogP contribution in [0.3, 0.4) is 0 Å². The van der Waals surface area contributed by atoms with Gasteiger partial charge in [-0.25, -0.2) is 5.01 Å². The zero-order chi connectivity index (χ0) is 12.6. The van der Waals surface area contributed by atoms with Gasteiger partial charge in [0, 0.05) is 12.1 Å². The molecule has 0 bridgehead atoms. The first-order valence-corrected chi connectivity index (χ1v) is 5.01. The third-order valence-electron chi connectivity index (χ3n) is 2.45. The molecule has 0 atom stereocenters. The third kappa shape index (κ3) is 2.03. The maximum Gasteiger partial charge on any atom is 0.271 e. The topological polar surface area (TPSA) is 85.0 Å². The van der Waals surface area contributed by atoms with Crippen molar-refractivity contribution in [3.63, 3.8) is 0 Å². The molecule has 0 fully saturated rings. The minimum atomic E-state index is -0.558. The van der Waals surface area contributed by atoms with Gasteiger partial charge in [-0.1, -0.05) is 0 Å². The maximum absolute atomic E-state index is 10.7. The van der Waals surface area contributed by atoms with E-state index >= 15 is 0 Å². The molecule has 0 aliphatic carbocycles. The van der Waals surface area contributed by atoms with E-state index in [1.54, 1.807) is 0 Å². The van der Waals surface area contributed by atoms with Crippen LogP contribution in [0.15, 0.2) is 23.5 Å². The van der Waals surface area contributed by atoms with Gasteiger partial charge in [0.2, 0.25) is 0 Å². The van der Waals surface area contributed by atoms with Gasteiger partial charge in [0.25, 0.3) is 5.69 Å². The number of benzene rings is 1. The quantitative estimate of drug-likeness (QED) is 0.447. The van der Waals surface area contributed by atoms with Crippen molar-refractivity contribution in [1.29, 1.82) is 0 Å². The summed E-state index contributed by atoms with van der Waals surface area (Å²) in [5.74, 6) is 0.423. The van der Waals surface area contributed by atoms with Crippen molar-refractivity contribution in [2.45, 2.75) is 19.4 Å². The highest BCUT2D eigenvalue weighted by Crippen LogP contribution is 2.39. The molecule has 0 aromatic heterocycles. The van der Waals surface area contributed by atoms with Crippen LogP contribution in [-0.4, -0.2) is 17.1 Å². The van der Waals surface area contributed by atoms with Gasteiger partial charge in [0.1, 0.15) is 17.0 Å². The number of nitroso groups, excluding NO2 is 1. The lowest BCUT2D eigenvalue weighted by atomic mass is 10.1. The van der Waals surface area contributed by atoms with Crippen LogP contribution >= 0.6 is 0 Å². The van der Waals surface area contributed by atoms with Crippen LogP contribution in [0.4, 0.5) is 11.4 Å². The fourth-order valence-corrected chi connectivity index (χ4v) is 1.76. The molecule has 0 amide bonds. The number of ether oxygens (including phenoxy) is 1. The Hall–Kier alpha value is -2.18. The molecule has 90 valence electrons. The molecule has 2 rings (SSSR count). The zero-order valence-corrected chi connectivity index (χ0v) is 9.41. The van der Waals surface area contributed by atoms with Crippen molar-refractivity contribution in [3.05, 3.63) is 33.2 Å². The maximum atomic E-state index is 10.7. The second-order valence-corrected chi connectivity index (χ2v) is 4.41. The fraction of sp³-hybridized carbons (Fsp3) is 0.400. The number of non-ortho nitro benzene ring substituents is 1. The van der Waals surface area contributed by atoms with Crippen molar-refractivity contribution < 1.29 is 9.66 Å². The monoisotopic (exact) mass is 237 g/mol. The zero-order valence-electron chi connectivity index (χ0n) is 9.41. The summed E-state index contributed by atoms with van der Waals surface area (Å²) < 4.78 is 5.62. The number of fused-ring (bicyclic) bond motifs is 1. The van der Waals surface area contributed by atoms with Gasteiger partial charge in [0.15, 0.2) is 0 Å². The minimum Gasteiger partial charge on any atom is -0.484 e. The predicted octanol–water partition coefficient (Wildman–Crippen LogP) is 2.25. The van der Waals surface area contributed by atoms with E-state index in [1.807, 2.05) is 13.8 Å².